The number of piperidine rings is 1. The normalized spacial score (nSPS) is 20.6. The molecule has 39 heavy (non-hydrogen) atoms. The lowest BCUT2D eigenvalue weighted by Gasteiger charge is -2.34. The maximum Gasteiger partial charge on any atom is 0.475 e. The van der Waals surface area contributed by atoms with E-state index in [1.54, 1.807) is 18.7 Å². The molecule has 210 valence electrons. The predicted molar refractivity (Wildman–Crippen MR) is 142 cm³/mol. The number of halogens is 2. The second-order valence-corrected chi connectivity index (χ2v) is 10.7. The minimum absolute atomic E-state index is 0.0202. The van der Waals surface area contributed by atoms with Gasteiger partial charge in [-0.1, -0.05) is 42.2 Å². The number of likely N-dealkylation sites (tertiary alicyclic amines) is 2. The van der Waals surface area contributed by atoms with Crippen LogP contribution in [0.5, 0.6) is 0 Å². The molecule has 2 heterocycles. The zero-order chi connectivity index (χ0) is 28.6. The number of nitriles is 1. The minimum atomic E-state index is -2.74. The number of rotatable bonds is 8. The van der Waals surface area contributed by atoms with Gasteiger partial charge in [-0.25, -0.2) is 13.6 Å². The average molecular weight is 543 g/mol. The molecule has 0 spiro atoms. The number of amides is 3. The Labute approximate surface area is 228 Å². The van der Waals surface area contributed by atoms with Crippen molar-refractivity contribution in [2.75, 3.05) is 26.2 Å². The van der Waals surface area contributed by atoms with Gasteiger partial charge in [-0.3, -0.25) is 9.69 Å². The zero-order valence-corrected chi connectivity index (χ0v) is 22.4. The number of benzene rings is 1. The van der Waals surface area contributed by atoms with Crippen LogP contribution < -0.4 is 10.6 Å². The summed E-state index contributed by atoms with van der Waals surface area (Å²) in [5, 5.41) is 34.4. The van der Waals surface area contributed by atoms with Crippen LogP contribution in [-0.4, -0.2) is 88.5 Å². The fraction of sp³-hybridized carbons (Fsp3) is 0.593. The molecule has 3 atom stereocenters. The Bertz CT molecular complexity index is 1100. The molecule has 1 unspecified atom stereocenters. The highest BCUT2D eigenvalue weighted by Gasteiger charge is 2.43. The number of carbonyl (C=O) groups excluding carboxylic acids is 2. The Hall–Kier alpha value is -3.19. The fourth-order valence-corrected chi connectivity index (χ4v) is 4.86. The molecule has 0 aliphatic carbocycles. The number of nitrogens with one attached hydrogen (secondary N) is 2. The van der Waals surface area contributed by atoms with Gasteiger partial charge in [0, 0.05) is 38.5 Å². The average Bonchev–Trinajstić information content (AvgIpc) is 3.27. The summed E-state index contributed by atoms with van der Waals surface area (Å²) >= 11 is 0. The Morgan fingerprint density at radius 3 is 2.59 bits per heavy atom. The van der Waals surface area contributed by atoms with E-state index in [0.29, 0.717) is 19.4 Å². The van der Waals surface area contributed by atoms with E-state index in [4.69, 9.17) is 0 Å². The number of hydrogen-bond donors (Lipinski definition) is 4. The summed E-state index contributed by atoms with van der Waals surface area (Å²) in [6.45, 7) is 4.00. The van der Waals surface area contributed by atoms with Gasteiger partial charge >= 0.3 is 13.1 Å². The van der Waals surface area contributed by atoms with E-state index in [9.17, 15) is 33.7 Å². The highest BCUT2D eigenvalue weighted by Crippen LogP contribution is 2.31. The lowest BCUT2D eigenvalue weighted by atomic mass is 9.76. The van der Waals surface area contributed by atoms with Crippen LogP contribution in [0.25, 0.3) is 0 Å². The minimum Gasteiger partial charge on any atom is -0.426 e. The van der Waals surface area contributed by atoms with Crippen LogP contribution in [0, 0.1) is 29.1 Å². The van der Waals surface area contributed by atoms with Gasteiger partial charge in [0.15, 0.2) is 0 Å². The molecule has 0 aromatic heterocycles. The maximum absolute atomic E-state index is 13.6. The summed E-state index contributed by atoms with van der Waals surface area (Å²) in [7, 11) is -1.76. The second-order valence-electron chi connectivity index (χ2n) is 10.7. The van der Waals surface area contributed by atoms with Crippen LogP contribution in [0.4, 0.5) is 13.6 Å². The molecule has 1 aromatic carbocycles. The summed E-state index contributed by atoms with van der Waals surface area (Å²) in [6, 6.07) is 10.2. The van der Waals surface area contributed by atoms with E-state index >= 15 is 0 Å². The van der Waals surface area contributed by atoms with Crippen molar-refractivity contribution in [2.45, 2.75) is 69.4 Å². The molecular formula is C27H36BF2N5O4. The van der Waals surface area contributed by atoms with Crippen molar-refractivity contribution < 1.29 is 28.4 Å². The van der Waals surface area contributed by atoms with Gasteiger partial charge in [-0.2, -0.15) is 5.26 Å². The molecule has 2 saturated heterocycles. The first-order chi connectivity index (χ1) is 18.4. The Kier molecular flexibility index (Phi) is 10.3. The molecule has 3 rings (SSSR count). The van der Waals surface area contributed by atoms with E-state index in [2.05, 4.69) is 22.5 Å². The first-order valence-electron chi connectivity index (χ1n) is 13.2. The standard InChI is InChI=1S/C27H36BF2N5O4/c1-26(2,35-15-13-27(29,30)19-35)12-6-10-21(17-31)24(36)34-14-7-11-22(18-34)32-25(37)33-23(28(38)39)16-20-8-4-3-5-9-20/h3-5,8-9,21-23,38-39H,7,10-11,13-16,18-19H2,1-2H3,(H2,32,33,37)/t21?,22-,23+/m1/s1. The van der Waals surface area contributed by atoms with Crippen LogP contribution in [0.2, 0.25) is 0 Å². The number of urea groups is 1. The van der Waals surface area contributed by atoms with Crippen molar-refractivity contribution in [1.29, 1.82) is 5.26 Å². The molecule has 4 N–H and O–H groups in total. The van der Waals surface area contributed by atoms with Crippen molar-refractivity contribution in [1.82, 2.24) is 20.4 Å². The van der Waals surface area contributed by atoms with E-state index < -0.39 is 42.4 Å². The highest BCUT2D eigenvalue weighted by atomic mass is 19.3. The second kappa shape index (κ2) is 13.2. The van der Waals surface area contributed by atoms with Gasteiger partial charge in [0.2, 0.25) is 5.91 Å². The van der Waals surface area contributed by atoms with Gasteiger partial charge in [-0.05, 0) is 38.7 Å². The molecule has 12 heteroatoms. The van der Waals surface area contributed by atoms with Crippen molar-refractivity contribution >= 4 is 19.1 Å². The van der Waals surface area contributed by atoms with Crippen LogP contribution in [0.1, 0.15) is 45.1 Å². The summed E-state index contributed by atoms with van der Waals surface area (Å²) < 4.78 is 27.2. The third-order valence-corrected chi connectivity index (χ3v) is 7.16. The lowest BCUT2D eigenvalue weighted by Crippen LogP contribution is -2.56. The van der Waals surface area contributed by atoms with Crippen LogP contribution >= 0.6 is 0 Å². The van der Waals surface area contributed by atoms with Crippen LogP contribution in [0.15, 0.2) is 30.3 Å². The summed E-state index contributed by atoms with van der Waals surface area (Å²) in [6.07, 6.45) is 1.23. The molecule has 2 aliphatic rings. The summed E-state index contributed by atoms with van der Waals surface area (Å²) in [4.78, 5) is 28.8. The van der Waals surface area contributed by atoms with E-state index in [0.717, 1.165) is 5.56 Å². The Balaban J connectivity index is 1.52. The third-order valence-electron chi connectivity index (χ3n) is 7.16. The van der Waals surface area contributed by atoms with Crippen molar-refractivity contribution in [3.63, 3.8) is 0 Å². The molecular weight excluding hydrogens is 507 g/mol. The highest BCUT2D eigenvalue weighted by molar-refractivity contribution is 6.43. The van der Waals surface area contributed by atoms with Gasteiger partial charge < -0.3 is 25.6 Å². The number of nitrogens with zero attached hydrogens (tertiary/aromatic N) is 3. The Morgan fingerprint density at radius 2 is 1.97 bits per heavy atom. The smallest absolute Gasteiger partial charge is 0.426 e. The van der Waals surface area contributed by atoms with Crippen LogP contribution in [-0.2, 0) is 11.2 Å². The van der Waals surface area contributed by atoms with Gasteiger partial charge in [0.05, 0.1) is 24.1 Å². The van der Waals surface area contributed by atoms with Gasteiger partial charge in [0.1, 0.15) is 5.92 Å². The number of hydrogen-bond acceptors (Lipinski definition) is 6. The largest absolute Gasteiger partial charge is 0.475 e. The first kappa shape index (κ1) is 30.4. The molecule has 0 saturated carbocycles. The molecule has 9 nitrogen and oxygen atoms in total. The molecule has 3 amide bonds. The molecule has 1 aromatic rings. The molecule has 0 radical (unpaired) electrons. The first-order valence-corrected chi connectivity index (χ1v) is 13.2. The summed E-state index contributed by atoms with van der Waals surface area (Å²) in [5.74, 6) is 0.753. The quantitative estimate of drug-likeness (QED) is 0.291. The van der Waals surface area contributed by atoms with E-state index in [1.807, 2.05) is 36.4 Å². The van der Waals surface area contributed by atoms with Crippen molar-refractivity contribution in [3.8, 4) is 17.9 Å². The predicted octanol–water partition coefficient (Wildman–Crippen LogP) is 1.55. The monoisotopic (exact) mass is 543 g/mol. The van der Waals surface area contributed by atoms with Gasteiger partial charge in [-0.15, -0.1) is 0 Å². The third kappa shape index (κ3) is 8.92. The van der Waals surface area contributed by atoms with Crippen molar-refractivity contribution in [2.24, 2.45) is 5.92 Å². The van der Waals surface area contributed by atoms with E-state index in [1.165, 1.54) is 4.90 Å². The zero-order valence-electron chi connectivity index (χ0n) is 22.4. The SMILES string of the molecule is CC(C)(C#CCC(C#N)C(=O)N1CCC[C@@H](NC(=O)N[C@@H](Cc2ccccc2)B(O)O)C1)N1CCC(F)(F)C1. The molecule has 0 bridgehead atoms. The topological polar surface area (TPSA) is 129 Å². The molecule has 2 aliphatic heterocycles. The van der Waals surface area contributed by atoms with Gasteiger partial charge in [0.25, 0.3) is 5.92 Å². The maximum atomic E-state index is 13.6. The number of alkyl halides is 2. The lowest BCUT2D eigenvalue weighted by molar-refractivity contribution is -0.134. The van der Waals surface area contributed by atoms with Crippen molar-refractivity contribution in [3.05, 3.63) is 35.9 Å². The van der Waals surface area contributed by atoms with E-state index in [-0.39, 0.29) is 44.9 Å². The Morgan fingerprint density at radius 1 is 1.26 bits per heavy atom. The van der Waals surface area contributed by atoms with Crippen LogP contribution in [0.3, 0.4) is 0 Å². The summed E-state index contributed by atoms with van der Waals surface area (Å²) in [5.41, 5.74) is 0.0227. The fourth-order valence-electron chi connectivity index (χ4n) is 4.86. The number of carbonyl (C=O) groups is 2. The molecule has 2 fully saturated rings.